The van der Waals surface area contributed by atoms with Crippen LogP contribution < -0.4 is 0 Å². The Hall–Kier alpha value is -1.50. The van der Waals surface area contributed by atoms with E-state index in [4.69, 9.17) is 0 Å². The number of piperazine rings is 1. The summed E-state index contributed by atoms with van der Waals surface area (Å²) < 4.78 is 1.48. The summed E-state index contributed by atoms with van der Waals surface area (Å²) in [5.74, 6) is 0.988. The molecule has 1 amide bonds. The van der Waals surface area contributed by atoms with Crippen molar-refractivity contribution < 1.29 is 4.79 Å². The summed E-state index contributed by atoms with van der Waals surface area (Å²) in [6.45, 7) is 5.11. The third kappa shape index (κ3) is 4.00. The van der Waals surface area contributed by atoms with Gasteiger partial charge in [0.25, 0.3) is 0 Å². The highest BCUT2D eigenvalue weighted by Crippen LogP contribution is 2.24. The molecule has 1 aliphatic heterocycles. The molecule has 21 heavy (non-hydrogen) atoms. The van der Waals surface area contributed by atoms with Gasteiger partial charge in [0.1, 0.15) is 12.9 Å². The molecule has 0 N–H and O–H groups in total. The van der Waals surface area contributed by atoms with E-state index in [1.807, 2.05) is 4.90 Å². The Labute approximate surface area is 125 Å². The summed E-state index contributed by atoms with van der Waals surface area (Å²) >= 11 is 0. The minimum absolute atomic E-state index is 0.111. The fraction of sp³-hybridized carbons (Fsp3) is 0.857. The van der Waals surface area contributed by atoms with Crippen LogP contribution in [0.3, 0.4) is 0 Å². The van der Waals surface area contributed by atoms with Gasteiger partial charge in [-0.3, -0.25) is 9.69 Å². The van der Waals surface area contributed by atoms with Gasteiger partial charge in [-0.2, -0.15) is 0 Å². The first kappa shape index (κ1) is 14.4. The van der Waals surface area contributed by atoms with Crippen LogP contribution in [-0.2, 0) is 11.3 Å². The molecule has 2 heterocycles. The van der Waals surface area contributed by atoms with Crippen molar-refractivity contribution in [1.29, 1.82) is 0 Å². The number of nitrogens with zero attached hydrogens (tertiary/aromatic N) is 6. The van der Waals surface area contributed by atoms with Crippen molar-refractivity contribution in [2.75, 3.05) is 32.7 Å². The van der Waals surface area contributed by atoms with Crippen LogP contribution in [0, 0.1) is 5.92 Å². The minimum Gasteiger partial charge on any atom is -0.339 e. The van der Waals surface area contributed by atoms with E-state index in [0.717, 1.165) is 32.1 Å². The monoisotopic (exact) mass is 292 g/mol. The molecule has 1 saturated heterocycles. The van der Waals surface area contributed by atoms with Crippen LogP contribution in [0.4, 0.5) is 0 Å². The molecule has 0 atom stereocenters. The highest BCUT2D eigenvalue weighted by atomic mass is 16.2. The van der Waals surface area contributed by atoms with Gasteiger partial charge in [-0.15, -0.1) is 5.10 Å². The van der Waals surface area contributed by atoms with Crippen LogP contribution in [0.2, 0.25) is 0 Å². The summed E-state index contributed by atoms with van der Waals surface area (Å²) in [4.78, 5) is 16.6. The topological polar surface area (TPSA) is 67.2 Å². The van der Waals surface area contributed by atoms with Gasteiger partial charge in [-0.05, 0) is 29.2 Å². The third-order valence-electron chi connectivity index (χ3n) is 4.65. The molecule has 1 aromatic heterocycles. The van der Waals surface area contributed by atoms with Gasteiger partial charge >= 0.3 is 0 Å². The molecule has 0 radical (unpaired) electrons. The van der Waals surface area contributed by atoms with Crippen LogP contribution >= 0.6 is 0 Å². The maximum Gasteiger partial charge on any atom is 0.244 e. The van der Waals surface area contributed by atoms with Gasteiger partial charge in [0.2, 0.25) is 5.91 Å². The van der Waals surface area contributed by atoms with Crippen molar-refractivity contribution in [1.82, 2.24) is 30.0 Å². The second-order valence-electron chi connectivity index (χ2n) is 6.19. The predicted octanol–water partition coefficient (Wildman–Crippen LogP) is 0.398. The van der Waals surface area contributed by atoms with Crippen LogP contribution in [0.5, 0.6) is 0 Å². The molecule has 0 spiro atoms. The quantitative estimate of drug-likeness (QED) is 0.803. The first-order chi connectivity index (χ1) is 10.3. The van der Waals surface area contributed by atoms with Crippen molar-refractivity contribution in [2.45, 2.75) is 38.6 Å². The second kappa shape index (κ2) is 6.98. The molecule has 1 aromatic rings. The molecule has 1 saturated carbocycles. The zero-order valence-electron chi connectivity index (χ0n) is 12.5. The van der Waals surface area contributed by atoms with Crippen molar-refractivity contribution in [3.63, 3.8) is 0 Å². The van der Waals surface area contributed by atoms with Crippen molar-refractivity contribution in [3.8, 4) is 0 Å². The second-order valence-corrected chi connectivity index (χ2v) is 6.19. The Morgan fingerprint density at radius 1 is 1.10 bits per heavy atom. The zero-order valence-corrected chi connectivity index (χ0v) is 12.5. The van der Waals surface area contributed by atoms with Crippen LogP contribution in [0.15, 0.2) is 6.33 Å². The van der Waals surface area contributed by atoms with Crippen molar-refractivity contribution in [3.05, 3.63) is 6.33 Å². The van der Waals surface area contributed by atoms with E-state index >= 15 is 0 Å². The molecular formula is C14H24N6O. The number of rotatable bonds is 4. The fourth-order valence-corrected chi connectivity index (χ4v) is 3.41. The molecule has 116 valence electrons. The summed E-state index contributed by atoms with van der Waals surface area (Å²) in [5, 5.41) is 10.8. The van der Waals surface area contributed by atoms with E-state index in [1.54, 1.807) is 0 Å². The van der Waals surface area contributed by atoms with Crippen molar-refractivity contribution >= 4 is 5.91 Å². The van der Waals surface area contributed by atoms with Crippen LogP contribution in [0.1, 0.15) is 32.1 Å². The molecule has 3 rings (SSSR count). The van der Waals surface area contributed by atoms with E-state index in [-0.39, 0.29) is 12.5 Å². The number of carbonyl (C=O) groups is 1. The lowest BCUT2D eigenvalue weighted by Gasteiger charge is -2.37. The molecule has 2 fully saturated rings. The number of hydrogen-bond donors (Lipinski definition) is 0. The van der Waals surface area contributed by atoms with Gasteiger partial charge in [0.05, 0.1) is 0 Å². The van der Waals surface area contributed by atoms with Gasteiger partial charge in [-0.1, -0.05) is 19.3 Å². The Balaban J connectivity index is 1.41. The molecule has 2 aliphatic rings. The third-order valence-corrected chi connectivity index (χ3v) is 4.65. The van der Waals surface area contributed by atoms with E-state index in [0.29, 0.717) is 0 Å². The molecular weight excluding hydrogens is 268 g/mol. The summed E-state index contributed by atoms with van der Waals surface area (Å²) in [6, 6.07) is 0. The number of tetrazole rings is 1. The van der Waals surface area contributed by atoms with E-state index in [9.17, 15) is 4.79 Å². The van der Waals surface area contributed by atoms with Gasteiger partial charge in [0, 0.05) is 32.7 Å². The minimum atomic E-state index is 0.111. The maximum atomic E-state index is 12.2. The highest BCUT2D eigenvalue weighted by Gasteiger charge is 2.24. The Morgan fingerprint density at radius 3 is 2.52 bits per heavy atom. The number of amides is 1. The molecule has 0 bridgehead atoms. The predicted molar refractivity (Wildman–Crippen MR) is 77.4 cm³/mol. The SMILES string of the molecule is O=C(Cn1cnnn1)N1CCN(CC2CCCCC2)CC1. The van der Waals surface area contributed by atoms with Gasteiger partial charge in [0.15, 0.2) is 0 Å². The molecule has 1 aliphatic carbocycles. The fourth-order valence-electron chi connectivity index (χ4n) is 3.41. The first-order valence-electron chi connectivity index (χ1n) is 8.02. The van der Waals surface area contributed by atoms with E-state index in [2.05, 4.69) is 20.4 Å². The van der Waals surface area contributed by atoms with Gasteiger partial charge in [-0.25, -0.2) is 4.68 Å². The van der Waals surface area contributed by atoms with Gasteiger partial charge < -0.3 is 4.90 Å². The number of hydrogen-bond acceptors (Lipinski definition) is 5. The zero-order chi connectivity index (χ0) is 14.5. The lowest BCUT2D eigenvalue weighted by Crippen LogP contribution is -2.50. The standard InChI is InChI=1S/C14H24N6O/c21-14(11-20-12-15-16-17-20)19-8-6-18(7-9-19)10-13-4-2-1-3-5-13/h12-13H,1-11H2. The summed E-state index contributed by atoms with van der Waals surface area (Å²) in [5.41, 5.74) is 0. The molecule has 0 aromatic carbocycles. The van der Waals surface area contributed by atoms with E-state index in [1.165, 1.54) is 49.7 Å². The Morgan fingerprint density at radius 2 is 1.86 bits per heavy atom. The lowest BCUT2D eigenvalue weighted by atomic mass is 9.89. The highest BCUT2D eigenvalue weighted by molar-refractivity contribution is 5.75. The van der Waals surface area contributed by atoms with Crippen LogP contribution in [-0.4, -0.2) is 68.6 Å². The first-order valence-corrected chi connectivity index (χ1v) is 8.02. The smallest absolute Gasteiger partial charge is 0.244 e. The van der Waals surface area contributed by atoms with Crippen LogP contribution in [0.25, 0.3) is 0 Å². The molecule has 7 heteroatoms. The average Bonchev–Trinajstić information content (AvgIpc) is 3.02. The largest absolute Gasteiger partial charge is 0.339 e. The molecule has 7 nitrogen and oxygen atoms in total. The maximum absolute atomic E-state index is 12.2. The average molecular weight is 292 g/mol. The lowest BCUT2D eigenvalue weighted by molar-refractivity contribution is -0.133. The Kier molecular flexibility index (Phi) is 4.80. The normalized spacial score (nSPS) is 21.6. The summed E-state index contributed by atoms with van der Waals surface area (Å²) in [7, 11) is 0. The molecule has 0 unspecified atom stereocenters. The Bertz CT molecular complexity index is 434. The number of carbonyl (C=O) groups excluding carboxylic acids is 1. The number of aromatic nitrogens is 4. The summed E-state index contributed by atoms with van der Waals surface area (Å²) in [6.07, 6.45) is 8.47. The van der Waals surface area contributed by atoms with Crippen molar-refractivity contribution in [2.24, 2.45) is 5.92 Å². The van der Waals surface area contributed by atoms with E-state index < -0.39 is 0 Å².